The summed E-state index contributed by atoms with van der Waals surface area (Å²) >= 11 is 1.72. The van der Waals surface area contributed by atoms with Crippen molar-refractivity contribution in [3.05, 3.63) is 115 Å². The summed E-state index contributed by atoms with van der Waals surface area (Å²) in [5.74, 6) is 1.58. The molecule has 0 aromatic heterocycles. The molecule has 230 valence electrons. The van der Waals surface area contributed by atoms with Gasteiger partial charge in [0, 0.05) is 33.4 Å². The number of rotatable bonds is 10. The van der Waals surface area contributed by atoms with Gasteiger partial charge in [0.05, 0.1) is 30.8 Å². The van der Waals surface area contributed by atoms with E-state index in [0.29, 0.717) is 13.0 Å². The standard InChI is InChI=1S/C36H34N2O5S2/c1-25(45(39,40)41)23-24-37-33-8-4-5-10-35(33)44-36-32(7-6-9-34(36)37)26-11-13-27(14-12-26)38(28-15-19-30(42-2)20-16-28)29-17-21-31(43-3)22-18-29/h4-22,25H,23-24H2,1-3H3,(H,39,40,41). The molecule has 1 N–H and O–H groups in total. The molecule has 0 radical (unpaired) electrons. The highest BCUT2D eigenvalue weighted by Gasteiger charge is 2.27. The Hall–Kier alpha value is -4.44. The lowest BCUT2D eigenvalue weighted by Gasteiger charge is -2.34. The average Bonchev–Trinajstić information content (AvgIpc) is 3.07. The van der Waals surface area contributed by atoms with Crippen LogP contribution in [0.2, 0.25) is 0 Å². The Bertz CT molecular complexity index is 1850. The Kier molecular flexibility index (Phi) is 8.76. The Balaban J connectivity index is 1.37. The largest absolute Gasteiger partial charge is 0.497 e. The first kappa shape index (κ1) is 30.6. The van der Waals surface area contributed by atoms with E-state index in [-0.39, 0.29) is 0 Å². The predicted molar refractivity (Wildman–Crippen MR) is 183 cm³/mol. The summed E-state index contributed by atoms with van der Waals surface area (Å²) in [6.45, 7) is 1.99. The van der Waals surface area contributed by atoms with E-state index in [0.717, 1.165) is 60.9 Å². The second-order valence-electron chi connectivity index (χ2n) is 10.8. The van der Waals surface area contributed by atoms with Crippen LogP contribution in [0.1, 0.15) is 13.3 Å². The van der Waals surface area contributed by atoms with Crippen LogP contribution >= 0.6 is 11.8 Å². The van der Waals surface area contributed by atoms with Gasteiger partial charge in [0.15, 0.2) is 0 Å². The SMILES string of the molecule is COc1ccc(N(c2ccc(OC)cc2)c2ccc(-c3cccc4c3Sc3ccccc3N4CCC(C)S(=O)(=O)O)cc2)cc1. The maximum absolute atomic E-state index is 11.8. The molecule has 0 saturated heterocycles. The van der Waals surface area contributed by atoms with Crippen LogP contribution in [0.3, 0.4) is 0 Å². The van der Waals surface area contributed by atoms with Crippen LogP contribution < -0.4 is 19.3 Å². The topological polar surface area (TPSA) is 79.3 Å². The minimum atomic E-state index is -4.12. The molecule has 5 aromatic carbocycles. The Morgan fingerprint density at radius 3 is 1.82 bits per heavy atom. The Morgan fingerprint density at radius 1 is 0.733 bits per heavy atom. The molecule has 0 amide bonds. The van der Waals surface area contributed by atoms with Gasteiger partial charge in [-0.05, 0) is 103 Å². The zero-order chi connectivity index (χ0) is 31.6. The quantitative estimate of drug-likeness (QED) is 0.152. The number of hydrogen-bond acceptors (Lipinski definition) is 7. The number of benzene rings is 5. The van der Waals surface area contributed by atoms with Crippen LogP contribution in [0.5, 0.6) is 11.5 Å². The fourth-order valence-corrected chi connectivity index (χ4v) is 7.11. The summed E-state index contributed by atoms with van der Waals surface area (Å²) in [5.41, 5.74) is 7.18. The lowest BCUT2D eigenvalue weighted by atomic mass is 10.0. The summed E-state index contributed by atoms with van der Waals surface area (Å²) in [4.78, 5) is 6.55. The number of hydrogen-bond donors (Lipinski definition) is 1. The van der Waals surface area contributed by atoms with Crippen molar-refractivity contribution in [1.29, 1.82) is 0 Å². The first-order valence-electron chi connectivity index (χ1n) is 14.6. The lowest BCUT2D eigenvalue weighted by Crippen LogP contribution is -2.27. The van der Waals surface area contributed by atoms with Crippen molar-refractivity contribution < 1.29 is 22.4 Å². The highest BCUT2D eigenvalue weighted by atomic mass is 32.2. The third-order valence-electron chi connectivity index (χ3n) is 8.02. The minimum Gasteiger partial charge on any atom is -0.497 e. The average molecular weight is 639 g/mol. The van der Waals surface area contributed by atoms with Gasteiger partial charge in [-0.2, -0.15) is 8.42 Å². The maximum atomic E-state index is 11.8. The lowest BCUT2D eigenvalue weighted by molar-refractivity contribution is 0.415. The molecular weight excluding hydrogens is 605 g/mol. The van der Waals surface area contributed by atoms with Gasteiger partial charge >= 0.3 is 0 Å². The summed E-state index contributed by atoms with van der Waals surface area (Å²) < 4.78 is 43.9. The number of ether oxygens (including phenoxy) is 2. The molecule has 0 aliphatic carbocycles. The smallest absolute Gasteiger partial charge is 0.267 e. The molecular formula is C36H34N2O5S2. The van der Waals surface area contributed by atoms with Crippen molar-refractivity contribution >= 4 is 50.3 Å². The van der Waals surface area contributed by atoms with E-state index in [1.165, 1.54) is 0 Å². The van der Waals surface area contributed by atoms with E-state index in [2.05, 4.69) is 58.3 Å². The second kappa shape index (κ2) is 12.9. The van der Waals surface area contributed by atoms with Crippen LogP contribution in [0, 0.1) is 0 Å². The van der Waals surface area contributed by atoms with Crippen molar-refractivity contribution in [1.82, 2.24) is 0 Å². The molecule has 1 heterocycles. The van der Waals surface area contributed by atoms with E-state index in [4.69, 9.17) is 9.47 Å². The predicted octanol–water partition coefficient (Wildman–Crippen LogP) is 9.11. The number of fused-ring (bicyclic) bond motifs is 2. The molecule has 0 bridgehead atoms. The second-order valence-corrected chi connectivity index (χ2v) is 13.7. The third kappa shape index (κ3) is 6.38. The number of methoxy groups -OCH3 is 2. The van der Waals surface area contributed by atoms with Gasteiger partial charge in [-0.3, -0.25) is 4.55 Å². The van der Waals surface area contributed by atoms with Gasteiger partial charge in [-0.15, -0.1) is 0 Å². The molecule has 1 aliphatic heterocycles. The maximum Gasteiger partial charge on any atom is 0.267 e. The Morgan fingerprint density at radius 2 is 1.27 bits per heavy atom. The van der Waals surface area contributed by atoms with Crippen LogP contribution in [-0.4, -0.2) is 39.0 Å². The summed E-state index contributed by atoms with van der Waals surface area (Å²) in [5, 5.41) is -0.863. The number of nitrogens with zero attached hydrogens (tertiary/aromatic N) is 2. The normalized spacial score (nSPS) is 13.0. The highest BCUT2D eigenvalue weighted by Crippen LogP contribution is 2.52. The molecule has 0 spiro atoms. The van der Waals surface area contributed by atoms with Crippen LogP contribution in [0.4, 0.5) is 28.4 Å². The van der Waals surface area contributed by atoms with Crippen molar-refractivity contribution in [2.45, 2.75) is 28.4 Å². The minimum absolute atomic E-state index is 0.294. The first-order chi connectivity index (χ1) is 21.8. The summed E-state index contributed by atoms with van der Waals surface area (Å²) in [6, 6.07) is 38.9. The van der Waals surface area contributed by atoms with Gasteiger partial charge in [0.25, 0.3) is 10.1 Å². The van der Waals surface area contributed by atoms with Crippen LogP contribution in [-0.2, 0) is 10.1 Å². The van der Waals surface area contributed by atoms with E-state index in [9.17, 15) is 13.0 Å². The van der Waals surface area contributed by atoms with Crippen molar-refractivity contribution in [2.24, 2.45) is 0 Å². The molecule has 1 atom stereocenters. The van der Waals surface area contributed by atoms with E-state index >= 15 is 0 Å². The fourth-order valence-electron chi connectivity index (χ4n) is 5.48. The van der Waals surface area contributed by atoms with Crippen molar-refractivity contribution in [3.8, 4) is 22.6 Å². The Labute approximate surface area is 268 Å². The van der Waals surface area contributed by atoms with Gasteiger partial charge in [-0.25, -0.2) is 0 Å². The molecule has 1 unspecified atom stereocenters. The number of anilines is 5. The van der Waals surface area contributed by atoms with E-state index in [1.807, 2.05) is 66.7 Å². The molecule has 45 heavy (non-hydrogen) atoms. The van der Waals surface area contributed by atoms with E-state index in [1.54, 1.807) is 32.9 Å². The van der Waals surface area contributed by atoms with Crippen molar-refractivity contribution in [2.75, 3.05) is 30.6 Å². The zero-order valence-electron chi connectivity index (χ0n) is 25.3. The molecule has 0 fully saturated rings. The van der Waals surface area contributed by atoms with Crippen LogP contribution in [0.15, 0.2) is 125 Å². The first-order valence-corrected chi connectivity index (χ1v) is 16.9. The van der Waals surface area contributed by atoms with Gasteiger partial charge in [0.2, 0.25) is 0 Å². The molecule has 7 nitrogen and oxygen atoms in total. The molecule has 9 heteroatoms. The van der Waals surface area contributed by atoms with Gasteiger partial charge in [0.1, 0.15) is 11.5 Å². The van der Waals surface area contributed by atoms with Crippen LogP contribution in [0.25, 0.3) is 11.1 Å². The monoisotopic (exact) mass is 638 g/mol. The van der Waals surface area contributed by atoms with Crippen molar-refractivity contribution in [3.63, 3.8) is 0 Å². The molecule has 5 aromatic rings. The third-order valence-corrected chi connectivity index (χ3v) is 10.5. The number of para-hydroxylation sites is 1. The highest BCUT2D eigenvalue weighted by molar-refractivity contribution is 8.00. The fraction of sp³-hybridized carbons (Fsp3) is 0.167. The summed E-state index contributed by atoms with van der Waals surface area (Å²) in [7, 11) is -0.796. The zero-order valence-corrected chi connectivity index (χ0v) is 26.9. The summed E-state index contributed by atoms with van der Waals surface area (Å²) in [6.07, 6.45) is 0.294. The molecule has 1 aliphatic rings. The molecule has 0 saturated carbocycles. The van der Waals surface area contributed by atoms with E-state index < -0.39 is 15.4 Å². The van der Waals surface area contributed by atoms with Gasteiger partial charge < -0.3 is 19.3 Å². The molecule has 6 rings (SSSR count). The van der Waals surface area contributed by atoms with Gasteiger partial charge in [-0.1, -0.05) is 48.2 Å².